The van der Waals surface area contributed by atoms with Crippen molar-refractivity contribution in [2.45, 2.75) is 45.2 Å². The lowest BCUT2D eigenvalue weighted by Crippen LogP contribution is -2.51. The highest BCUT2D eigenvalue weighted by Gasteiger charge is 2.36. The first-order chi connectivity index (χ1) is 21.3. The van der Waals surface area contributed by atoms with E-state index in [0.717, 1.165) is 22.9 Å². The van der Waals surface area contributed by atoms with E-state index in [-0.39, 0.29) is 65.8 Å². The zero-order chi connectivity index (χ0) is 32.6. The van der Waals surface area contributed by atoms with Crippen molar-refractivity contribution in [3.8, 4) is 17.0 Å². The summed E-state index contributed by atoms with van der Waals surface area (Å²) in [5, 5.41) is 12.2. The van der Waals surface area contributed by atoms with Crippen LogP contribution in [0.4, 0.5) is 29.2 Å². The van der Waals surface area contributed by atoms with Crippen molar-refractivity contribution in [1.82, 2.24) is 24.3 Å². The summed E-state index contributed by atoms with van der Waals surface area (Å²) < 4.78 is 67.6. The van der Waals surface area contributed by atoms with Gasteiger partial charge < -0.3 is 30.5 Å². The van der Waals surface area contributed by atoms with Crippen molar-refractivity contribution in [3.05, 3.63) is 65.6 Å². The maximum atomic E-state index is 15.4. The molecule has 1 fully saturated rings. The number of halogens is 4. The highest BCUT2D eigenvalue weighted by Crippen LogP contribution is 2.38. The van der Waals surface area contributed by atoms with Gasteiger partial charge in [-0.3, -0.25) is 14.0 Å². The number of anilines is 2. The van der Waals surface area contributed by atoms with Gasteiger partial charge in [0.1, 0.15) is 46.6 Å². The zero-order valence-electron chi connectivity index (χ0n) is 24.3. The number of nitrogens with one attached hydrogen (secondary N) is 1. The quantitative estimate of drug-likeness (QED) is 0.258. The topological polar surface area (TPSA) is 157 Å². The summed E-state index contributed by atoms with van der Waals surface area (Å²) in [6, 6.07) is 5.35. The van der Waals surface area contributed by atoms with Crippen LogP contribution >= 0.6 is 0 Å². The minimum atomic E-state index is -4.62. The smallest absolute Gasteiger partial charge is 0.416 e. The summed E-state index contributed by atoms with van der Waals surface area (Å²) in [5.74, 6) is -2.27. The van der Waals surface area contributed by atoms with Gasteiger partial charge in [0.05, 0.1) is 37.6 Å². The van der Waals surface area contributed by atoms with E-state index in [4.69, 9.17) is 15.2 Å². The number of rotatable bonds is 7. The second-order valence-corrected chi connectivity index (χ2v) is 10.3. The van der Waals surface area contributed by atoms with Gasteiger partial charge in [0.15, 0.2) is 0 Å². The number of hydrogen-bond acceptors (Lipinski definition) is 9. The van der Waals surface area contributed by atoms with Crippen molar-refractivity contribution in [3.63, 3.8) is 0 Å². The molecule has 16 heteroatoms. The van der Waals surface area contributed by atoms with Crippen LogP contribution in [-0.2, 0) is 15.7 Å². The first kappa shape index (κ1) is 31.6. The monoisotopic (exact) mass is 631 g/mol. The van der Waals surface area contributed by atoms with E-state index >= 15 is 4.39 Å². The highest BCUT2D eigenvalue weighted by molar-refractivity contribution is 6.04. The van der Waals surface area contributed by atoms with Crippen LogP contribution in [0.3, 0.4) is 0 Å². The molecule has 4 heterocycles. The Balaban J connectivity index is 1.55. The van der Waals surface area contributed by atoms with Crippen LogP contribution in [0.5, 0.6) is 5.75 Å². The fourth-order valence-electron chi connectivity index (χ4n) is 4.99. The number of aliphatic hydroxyl groups is 1. The summed E-state index contributed by atoms with van der Waals surface area (Å²) in [7, 11) is 0. The number of aromatic nitrogens is 4. The molecule has 0 radical (unpaired) electrons. The number of pyridine rings is 1. The average Bonchev–Trinajstić information content (AvgIpc) is 3.40. The normalized spacial score (nSPS) is 17.7. The Morgan fingerprint density at radius 3 is 2.69 bits per heavy atom. The van der Waals surface area contributed by atoms with Crippen molar-refractivity contribution < 1.29 is 41.7 Å². The predicted octanol–water partition coefficient (Wildman–Crippen LogP) is 3.85. The van der Waals surface area contributed by atoms with Crippen LogP contribution < -0.4 is 15.8 Å². The van der Waals surface area contributed by atoms with Gasteiger partial charge in [0.2, 0.25) is 5.95 Å². The second-order valence-electron chi connectivity index (χ2n) is 10.3. The Bertz CT molecular complexity index is 1760. The van der Waals surface area contributed by atoms with Gasteiger partial charge in [0.25, 0.3) is 11.8 Å². The minimum absolute atomic E-state index is 0.0271. The number of aliphatic hydroxyl groups excluding tert-OH is 1. The number of hydrogen-bond donors (Lipinski definition) is 3. The van der Waals surface area contributed by atoms with E-state index in [9.17, 15) is 27.9 Å². The van der Waals surface area contributed by atoms with Gasteiger partial charge in [-0.25, -0.2) is 15.0 Å². The Morgan fingerprint density at radius 2 is 2.00 bits per heavy atom. The standard InChI is InChI=1S/C29H29F4N7O5/c1-4-44-19-9-16(27(42)37-22-10-17(7-8-35-22)29(31,32)33)5-6-18(19)23-24-25(34)36-11-21(30)40(24)26(38-23)20-12-39(14(2)13-45-20)28(43)15(3)41/h5-11,14-15,20,41H,4,12-13H2,1-3H3,(H2,34,36)(H,35,37,42)/t14-,15-,20+/m0/s1. The second kappa shape index (κ2) is 12.3. The molecule has 4 N–H and O–H groups in total. The number of benzene rings is 1. The van der Waals surface area contributed by atoms with E-state index in [1.807, 2.05) is 0 Å². The number of amides is 2. The summed E-state index contributed by atoms with van der Waals surface area (Å²) in [4.78, 5) is 39.5. The van der Waals surface area contributed by atoms with Gasteiger partial charge in [-0.2, -0.15) is 17.6 Å². The molecule has 1 aliphatic heterocycles. The maximum Gasteiger partial charge on any atom is 0.416 e. The Hall–Kier alpha value is -4.83. The van der Waals surface area contributed by atoms with Crippen LogP contribution in [-0.4, -0.2) is 73.1 Å². The molecule has 2 amide bonds. The molecule has 238 valence electrons. The number of morpholine rings is 1. The lowest BCUT2D eigenvalue weighted by atomic mass is 10.1. The number of nitrogens with zero attached hydrogens (tertiary/aromatic N) is 5. The molecule has 1 saturated heterocycles. The third-order valence-corrected chi connectivity index (χ3v) is 7.16. The first-order valence-corrected chi connectivity index (χ1v) is 13.8. The van der Waals surface area contributed by atoms with Crippen LogP contribution in [0.2, 0.25) is 0 Å². The summed E-state index contributed by atoms with van der Waals surface area (Å²) in [6.45, 7) is 5.00. The minimum Gasteiger partial charge on any atom is -0.493 e. The molecule has 5 rings (SSSR count). The highest BCUT2D eigenvalue weighted by atomic mass is 19.4. The molecular weight excluding hydrogens is 602 g/mol. The van der Waals surface area contributed by atoms with Crippen LogP contribution in [0.15, 0.2) is 42.7 Å². The van der Waals surface area contributed by atoms with E-state index in [1.54, 1.807) is 13.8 Å². The van der Waals surface area contributed by atoms with E-state index in [2.05, 4.69) is 20.3 Å². The Labute approximate surface area is 253 Å². The molecule has 1 aromatic carbocycles. The number of carbonyl (C=O) groups is 2. The van der Waals surface area contributed by atoms with Crippen molar-refractivity contribution in [2.75, 3.05) is 30.8 Å². The number of carbonyl (C=O) groups excluding carboxylic acids is 2. The molecule has 0 spiro atoms. The average molecular weight is 632 g/mol. The van der Waals surface area contributed by atoms with Crippen molar-refractivity contribution in [1.29, 1.82) is 0 Å². The molecule has 0 saturated carbocycles. The zero-order valence-corrected chi connectivity index (χ0v) is 24.3. The number of nitrogen functional groups attached to an aromatic ring is 1. The van der Waals surface area contributed by atoms with Gasteiger partial charge >= 0.3 is 6.18 Å². The van der Waals surface area contributed by atoms with Crippen LogP contribution in [0, 0.1) is 5.95 Å². The summed E-state index contributed by atoms with van der Waals surface area (Å²) >= 11 is 0. The third-order valence-electron chi connectivity index (χ3n) is 7.16. The van der Waals surface area contributed by atoms with Gasteiger partial charge in [-0.05, 0) is 51.1 Å². The molecule has 12 nitrogen and oxygen atoms in total. The van der Waals surface area contributed by atoms with Crippen molar-refractivity contribution >= 4 is 29.0 Å². The maximum absolute atomic E-state index is 15.4. The van der Waals surface area contributed by atoms with E-state index in [0.29, 0.717) is 11.6 Å². The van der Waals surface area contributed by atoms with Crippen LogP contribution in [0.25, 0.3) is 16.8 Å². The molecule has 3 aromatic heterocycles. The van der Waals surface area contributed by atoms with E-state index < -0.39 is 41.7 Å². The lowest BCUT2D eigenvalue weighted by Gasteiger charge is -2.38. The molecule has 3 atom stereocenters. The molecule has 0 unspecified atom stereocenters. The first-order valence-electron chi connectivity index (χ1n) is 13.8. The predicted molar refractivity (Wildman–Crippen MR) is 153 cm³/mol. The fourth-order valence-corrected chi connectivity index (χ4v) is 4.99. The Morgan fingerprint density at radius 1 is 1.24 bits per heavy atom. The third kappa shape index (κ3) is 6.23. The lowest BCUT2D eigenvalue weighted by molar-refractivity contribution is -0.152. The summed E-state index contributed by atoms with van der Waals surface area (Å²) in [5.41, 5.74) is 5.77. The molecule has 1 aliphatic rings. The van der Waals surface area contributed by atoms with Gasteiger partial charge in [-0.1, -0.05) is 0 Å². The number of ether oxygens (including phenoxy) is 2. The number of alkyl halides is 3. The van der Waals surface area contributed by atoms with Gasteiger partial charge in [-0.15, -0.1) is 0 Å². The van der Waals surface area contributed by atoms with Gasteiger partial charge in [0, 0.05) is 17.3 Å². The molecule has 4 aromatic rings. The Kier molecular flexibility index (Phi) is 8.62. The van der Waals surface area contributed by atoms with Crippen molar-refractivity contribution in [2.24, 2.45) is 0 Å². The number of imidazole rings is 1. The van der Waals surface area contributed by atoms with Crippen LogP contribution in [0.1, 0.15) is 48.6 Å². The molecule has 0 aliphatic carbocycles. The molecule has 0 bridgehead atoms. The summed E-state index contributed by atoms with van der Waals surface area (Å²) in [6.07, 6.45) is -4.95. The fraction of sp³-hybridized carbons (Fsp3) is 0.345. The number of fused-ring (bicyclic) bond motifs is 1. The number of nitrogens with two attached hydrogens (primary N) is 1. The largest absolute Gasteiger partial charge is 0.493 e. The molecule has 45 heavy (non-hydrogen) atoms. The van der Waals surface area contributed by atoms with E-state index in [1.165, 1.54) is 30.0 Å². The molecular formula is C29H29F4N7O5. The SMILES string of the molecule is CCOc1cc(C(=O)Nc2cc(C(F)(F)F)ccn2)ccc1-c1nc([C@H]2CN(C(=O)[C@H](C)O)[C@@H](C)CO2)n2c(F)cnc(N)c12.